The molecule has 1 heterocycles. The highest BCUT2D eigenvalue weighted by Crippen LogP contribution is 2.12. The summed E-state index contributed by atoms with van der Waals surface area (Å²) in [7, 11) is 1.70. The lowest BCUT2D eigenvalue weighted by Crippen LogP contribution is -2.13. The molecule has 74 valence electrons. The van der Waals surface area contributed by atoms with Gasteiger partial charge in [-0.2, -0.15) is 0 Å². The largest absolute Gasteiger partial charge is 0.389 e. The fourth-order valence-corrected chi connectivity index (χ4v) is 1.19. The number of methoxy groups -OCH3 is 1. The average Bonchev–Trinajstić information content (AvgIpc) is 2.52. The van der Waals surface area contributed by atoms with E-state index in [1.165, 1.54) is 0 Å². The number of rotatable bonds is 4. The van der Waals surface area contributed by atoms with Crippen molar-refractivity contribution in [2.24, 2.45) is 0 Å². The lowest BCUT2D eigenvalue weighted by atomic mass is 10.2. The molecule has 1 N–H and O–H groups in total. The first-order valence-electron chi connectivity index (χ1n) is 4.50. The second kappa shape index (κ2) is 4.44. The van der Waals surface area contributed by atoms with Crippen molar-refractivity contribution >= 4 is 0 Å². The predicted octanol–water partition coefficient (Wildman–Crippen LogP) is 1.58. The smallest absolute Gasteiger partial charge is 0.0776 e. The lowest BCUT2D eigenvalue weighted by Gasteiger charge is -2.09. The van der Waals surface area contributed by atoms with Crippen LogP contribution in [0, 0.1) is 0 Å². The Hall–Kier alpha value is -0.800. The number of hydrogen-bond acceptors (Lipinski definition) is 2. The molecule has 0 saturated heterocycles. The normalized spacial score (nSPS) is 15.7. The molecule has 1 rings (SSSR count). The highest BCUT2D eigenvalue weighted by molar-refractivity contribution is 5.12. The maximum absolute atomic E-state index is 9.28. The molecule has 0 aliphatic rings. The van der Waals surface area contributed by atoms with Gasteiger partial charge in [0.05, 0.1) is 12.2 Å². The third kappa shape index (κ3) is 2.86. The number of aliphatic hydroxyl groups is 1. The Balaban J connectivity index is 2.58. The molecule has 0 aromatic carbocycles. The zero-order valence-corrected chi connectivity index (χ0v) is 8.40. The molecular formula is C10H17NO2. The second-order valence-electron chi connectivity index (χ2n) is 3.36. The van der Waals surface area contributed by atoms with Crippen LogP contribution >= 0.6 is 0 Å². The average molecular weight is 183 g/mol. The van der Waals surface area contributed by atoms with Gasteiger partial charge in [-0.05, 0) is 25.5 Å². The van der Waals surface area contributed by atoms with Gasteiger partial charge in [-0.3, -0.25) is 0 Å². The molecule has 0 spiro atoms. The Kier molecular flexibility index (Phi) is 3.51. The van der Waals surface area contributed by atoms with Gasteiger partial charge < -0.3 is 14.4 Å². The minimum Gasteiger partial charge on any atom is -0.389 e. The van der Waals surface area contributed by atoms with Crippen molar-refractivity contribution < 1.29 is 9.84 Å². The van der Waals surface area contributed by atoms with Gasteiger partial charge in [0.1, 0.15) is 0 Å². The molecule has 0 bridgehead atoms. The van der Waals surface area contributed by atoms with E-state index >= 15 is 0 Å². The van der Waals surface area contributed by atoms with Crippen molar-refractivity contribution in [3.63, 3.8) is 0 Å². The fourth-order valence-electron chi connectivity index (χ4n) is 1.19. The quantitative estimate of drug-likeness (QED) is 0.769. The van der Waals surface area contributed by atoms with Gasteiger partial charge in [-0.15, -0.1) is 0 Å². The first-order valence-corrected chi connectivity index (χ1v) is 4.50. The van der Waals surface area contributed by atoms with E-state index in [0.29, 0.717) is 0 Å². The standard InChI is InChI=1S/C10H17NO2/c1-8(13-3)6-11-5-4-10(7-11)9(2)12/h4-5,7-9,12H,6H2,1-3H3. The summed E-state index contributed by atoms with van der Waals surface area (Å²) in [5.74, 6) is 0. The number of hydrogen-bond donors (Lipinski definition) is 1. The van der Waals surface area contributed by atoms with E-state index in [9.17, 15) is 5.11 Å². The minimum absolute atomic E-state index is 0.203. The second-order valence-corrected chi connectivity index (χ2v) is 3.36. The first kappa shape index (κ1) is 10.3. The van der Waals surface area contributed by atoms with Crippen LogP contribution in [0.2, 0.25) is 0 Å². The Labute approximate surface area is 78.9 Å². The van der Waals surface area contributed by atoms with Crippen molar-refractivity contribution in [1.82, 2.24) is 4.57 Å². The summed E-state index contributed by atoms with van der Waals surface area (Å²) < 4.78 is 7.16. The Bertz CT molecular complexity index is 255. The molecule has 3 nitrogen and oxygen atoms in total. The van der Waals surface area contributed by atoms with Crippen molar-refractivity contribution in [1.29, 1.82) is 0 Å². The number of nitrogens with zero attached hydrogens (tertiary/aromatic N) is 1. The predicted molar refractivity (Wildman–Crippen MR) is 51.5 cm³/mol. The highest BCUT2D eigenvalue weighted by Gasteiger charge is 2.04. The van der Waals surface area contributed by atoms with Gasteiger partial charge in [0.15, 0.2) is 0 Å². The Morgan fingerprint density at radius 2 is 2.23 bits per heavy atom. The number of aromatic nitrogens is 1. The summed E-state index contributed by atoms with van der Waals surface area (Å²) in [6, 6.07) is 1.92. The molecule has 0 fully saturated rings. The maximum atomic E-state index is 9.28. The zero-order chi connectivity index (χ0) is 9.84. The van der Waals surface area contributed by atoms with Crippen LogP contribution in [0.25, 0.3) is 0 Å². The molecule has 2 unspecified atom stereocenters. The maximum Gasteiger partial charge on any atom is 0.0776 e. The summed E-state index contributed by atoms with van der Waals surface area (Å²) in [6.07, 6.45) is 3.71. The zero-order valence-electron chi connectivity index (χ0n) is 8.40. The molecule has 0 amide bonds. The summed E-state index contributed by atoms with van der Waals surface area (Å²) in [6.45, 7) is 4.60. The molecule has 0 radical (unpaired) electrons. The van der Waals surface area contributed by atoms with Gasteiger partial charge in [-0.1, -0.05) is 0 Å². The van der Waals surface area contributed by atoms with E-state index in [1.807, 2.05) is 30.0 Å². The monoisotopic (exact) mass is 183 g/mol. The van der Waals surface area contributed by atoms with Crippen LogP contribution in [0.4, 0.5) is 0 Å². The topological polar surface area (TPSA) is 34.4 Å². The van der Waals surface area contributed by atoms with Crippen LogP contribution in [-0.4, -0.2) is 22.9 Å². The highest BCUT2D eigenvalue weighted by atomic mass is 16.5. The van der Waals surface area contributed by atoms with Crippen LogP contribution in [0.15, 0.2) is 18.5 Å². The fraction of sp³-hybridized carbons (Fsp3) is 0.600. The summed E-state index contributed by atoms with van der Waals surface area (Å²) in [5, 5.41) is 9.28. The van der Waals surface area contributed by atoms with Gasteiger partial charge in [0.2, 0.25) is 0 Å². The van der Waals surface area contributed by atoms with Crippen LogP contribution in [-0.2, 0) is 11.3 Å². The molecule has 13 heavy (non-hydrogen) atoms. The lowest BCUT2D eigenvalue weighted by molar-refractivity contribution is 0.103. The molecule has 1 aromatic heterocycles. The molecule has 0 aliphatic carbocycles. The van der Waals surface area contributed by atoms with Crippen molar-refractivity contribution in [3.8, 4) is 0 Å². The number of ether oxygens (including phenoxy) is 1. The molecular weight excluding hydrogens is 166 g/mol. The third-order valence-electron chi connectivity index (χ3n) is 2.13. The van der Waals surface area contributed by atoms with E-state index in [-0.39, 0.29) is 12.2 Å². The number of aliphatic hydroxyl groups excluding tert-OH is 1. The van der Waals surface area contributed by atoms with Crippen molar-refractivity contribution in [2.45, 2.75) is 32.6 Å². The molecule has 0 saturated carbocycles. The first-order chi connectivity index (χ1) is 6.13. The van der Waals surface area contributed by atoms with Crippen LogP contribution in [0.1, 0.15) is 25.5 Å². The van der Waals surface area contributed by atoms with Crippen molar-refractivity contribution in [3.05, 3.63) is 24.0 Å². The van der Waals surface area contributed by atoms with E-state index < -0.39 is 0 Å². The van der Waals surface area contributed by atoms with E-state index in [1.54, 1.807) is 14.0 Å². The summed E-state index contributed by atoms with van der Waals surface area (Å²) in [4.78, 5) is 0. The van der Waals surface area contributed by atoms with E-state index in [2.05, 4.69) is 0 Å². The SMILES string of the molecule is COC(C)Cn1ccc(C(C)O)c1. The van der Waals surface area contributed by atoms with Crippen LogP contribution in [0.3, 0.4) is 0 Å². The summed E-state index contributed by atoms with van der Waals surface area (Å²) in [5.41, 5.74) is 0.948. The molecule has 3 heteroatoms. The summed E-state index contributed by atoms with van der Waals surface area (Å²) >= 11 is 0. The van der Waals surface area contributed by atoms with Gasteiger partial charge in [0, 0.05) is 26.0 Å². The molecule has 2 atom stereocenters. The Morgan fingerprint density at radius 1 is 1.54 bits per heavy atom. The van der Waals surface area contributed by atoms with E-state index in [4.69, 9.17) is 4.74 Å². The minimum atomic E-state index is -0.390. The van der Waals surface area contributed by atoms with Gasteiger partial charge >= 0.3 is 0 Å². The van der Waals surface area contributed by atoms with E-state index in [0.717, 1.165) is 12.1 Å². The Morgan fingerprint density at radius 3 is 2.69 bits per heavy atom. The molecule has 0 aliphatic heterocycles. The van der Waals surface area contributed by atoms with Crippen LogP contribution in [0.5, 0.6) is 0 Å². The van der Waals surface area contributed by atoms with Crippen molar-refractivity contribution in [2.75, 3.05) is 7.11 Å². The molecule has 1 aromatic rings. The van der Waals surface area contributed by atoms with Gasteiger partial charge in [0.25, 0.3) is 0 Å². The van der Waals surface area contributed by atoms with Crippen LogP contribution < -0.4 is 0 Å². The van der Waals surface area contributed by atoms with Gasteiger partial charge in [-0.25, -0.2) is 0 Å². The third-order valence-corrected chi connectivity index (χ3v) is 2.13.